The molecule has 17 heavy (non-hydrogen) atoms. The van der Waals surface area contributed by atoms with Gasteiger partial charge < -0.3 is 9.84 Å². The second-order valence-electron chi connectivity index (χ2n) is 3.54. The Morgan fingerprint density at radius 3 is 2.94 bits per heavy atom. The predicted molar refractivity (Wildman–Crippen MR) is 62.8 cm³/mol. The van der Waals surface area contributed by atoms with Gasteiger partial charge in [0.15, 0.2) is 5.76 Å². The molecule has 0 saturated heterocycles. The molecule has 0 atom stereocenters. The Bertz CT molecular complexity index is 520. The number of hydrogen-bond acceptors (Lipinski definition) is 6. The molecule has 0 aliphatic rings. The molecule has 2 aromatic heterocycles. The first kappa shape index (κ1) is 11.7. The molecular formula is C10H11N3O3S. The highest BCUT2D eigenvalue weighted by molar-refractivity contribution is 7.15. The minimum Gasteiger partial charge on any atom is -0.360 e. The van der Waals surface area contributed by atoms with Gasteiger partial charge in [0.25, 0.3) is 0 Å². The Morgan fingerprint density at radius 2 is 2.35 bits per heavy atom. The van der Waals surface area contributed by atoms with Crippen molar-refractivity contribution < 1.29 is 9.45 Å². The van der Waals surface area contributed by atoms with E-state index in [1.54, 1.807) is 6.07 Å². The van der Waals surface area contributed by atoms with Gasteiger partial charge in [0, 0.05) is 23.6 Å². The molecule has 2 aromatic rings. The summed E-state index contributed by atoms with van der Waals surface area (Å²) >= 11 is 1.17. The molecule has 0 saturated carbocycles. The third-order valence-corrected chi connectivity index (χ3v) is 3.14. The number of thiophene rings is 1. The third-order valence-electron chi connectivity index (χ3n) is 2.10. The number of rotatable bonds is 5. The molecule has 0 spiro atoms. The quantitative estimate of drug-likeness (QED) is 0.652. The van der Waals surface area contributed by atoms with Gasteiger partial charge in [-0.1, -0.05) is 16.5 Å². The number of aromatic nitrogens is 1. The highest BCUT2D eigenvalue weighted by Crippen LogP contribution is 2.23. The summed E-state index contributed by atoms with van der Waals surface area (Å²) in [6, 6.07) is 5.12. The highest BCUT2D eigenvalue weighted by atomic mass is 32.1. The molecular weight excluding hydrogens is 242 g/mol. The topological polar surface area (TPSA) is 81.2 Å². The zero-order chi connectivity index (χ0) is 12.3. The molecule has 2 rings (SSSR count). The molecule has 90 valence electrons. The van der Waals surface area contributed by atoms with Crippen LogP contribution in [0.2, 0.25) is 0 Å². The van der Waals surface area contributed by atoms with Crippen molar-refractivity contribution in [1.29, 1.82) is 0 Å². The molecule has 0 radical (unpaired) electrons. The van der Waals surface area contributed by atoms with Gasteiger partial charge in [0.1, 0.15) is 0 Å². The normalized spacial score (nSPS) is 10.6. The van der Waals surface area contributed by atoms with Gasteiger partial charge in [0.2, 0.25) is 0 Å². The number of aryl methyl sites for hydroxylation is 1. The molecule has 0 unspecified atom stereocenters. The summed E-state index contributed by atoms with van der Waals surface area (Å²) in [7, 11) is 0. The second kappa shape index (κ2) is 5.07. The summed E-state index contributed by atoms with van der Waals surface area (Å²) in [5, 5.41) is 17.6. The van der Waals surface area contributed by atoms with E-state index in [0.717, 1.165) is 16.3 Å². The number of hydrogen-bond donors (Lipinski definition) is 1. The molecule has 2 heterocycles. The van der Waals surface area contributed by atoms with Crippen molar-refractivity contribution in [2.75, 3.05) is 0 Å². The van der Waals surface area contributed by atoms with Gasteiger partial charge in [-0.2, -0.15) is 0 Å². The average Bonchev–Trinajstić information content (AvgIpc) is 2.88. The van der Waals surface area contributed by atoms with Gasteiger partial charge in [-0.25, -0.2) is 0 Å². The van der Waals surface area contributed by atoms with Crippen LogP contribution in [-0.4, -0.2) is 10.1 Å². The van der Waals surface area contributed by atoms with Crippen LogP contribution < -0.4 is 5.32 Å². The lowest BCUT2D eigenvalue weighted by molar-refractivity contribution is -0.380. The predicted octanol–water partition coefficient (Wildman–Crippen LogP) is 2.24. The highest BCUT2D eigenvalue weighted by Gasteiger charge is 2.09. The zero-order valence-electron chi connectivity index (χ0n) is 9.17. The van der Waals surface area contributed by atoms with Crippen molar-refractivity contribution >= 4 is 16.3 Å². The summed E-state index contributed by atoms with van der Waals surface area (Å²) in [6.07, 6.45) is 0. The van der Waals surface area contributed by atoms with Crippen molar-refractivity contribution in [3.63, 3.8) is 0 Å². The van der Waals surface area contributed by atoms with Crippen LogP contribution in [0.5, 0.6) is 0 Å². The van der Waals surface area contributed by atoms with Crippen molar-refractivity contribution in [2.24, 2.45) is 0 Å². The summed E-state index contributed by atoms with van der Waals surface area (Å²) in [5.74, 6) is 0.758. The minimum atomic E-state index is -0.381. The van der Waals surface area contributed by atoms with Crippen molar-refractivity contribution in [3.05, 3.63) is 44.6 Å². The Morgan fingerprint density at radius 1 is 1.53 bits per heavy atom. The number of nitro groups is 1. The fraction of sp³-hybridized carbons (Fsp3) is 0.300. The maximum Gasteiger partial charge on any atom is 0.324 e. The molecule has 0 amide bonds. The van der Waals surface area contributed by atoms with E-state index in [0.29, 0.717) is 13.1 Å². The summed E-state index contributed by atoms with van der Waals surface area (Å²) < 4.78 is 5.03. The van der Waals surface area contributed by atoms with Crippen LogP contribution in [0.15, 0.2) is 22.7 Å². The van der Waals surface area contributed by atoms with Crippen LogP contribution in [0.25, 0.3) is 0 Å². The number of nitrogens with one attached hydrogen (secondary N) is 1. The Kier molecular flexibility index (Phi) is 3.50. The van der Waals surface area contributed by atoms with E-state index < -0.39 is 0 Å². The average molecular weight is 253 g/mol. The molecule has 0 bridgehead atoms. The first-order valence-electron chi connectivity index (χ1n) is 5.01. The summed E-state index contributed by atoms with van der Waals surface area (Å²) in [5.41, 5.74) is 0.841. The Labute approximate surface area is 101 Å². The zero-order valence-corrected chi connectivity index (χ0v) is 9.99. The van der Waals surface area contributed by atoms with Crippen LogP contribution >= 0.6 is 11.3 Å². The smallest absolute Gasteiger partial charge is 0.324 e. The van der Waals surface area contributed by atoms with E-state index in [9.17, 15) is 10.1 Å². The molecule has 0 aliphatic heterocycles. The summed E-state index contributed by atoms with van der Waals surface area (Å²) in [6.45, 7) is 3.00. The van der Waals surface area contributed by atoms with Crippen molar-refractivity contribution in [2.45, 2.75) is 20.0 Å². The minimum absolute atomic E-state index is 0.164. The number of nitrogens with zero attached hydrogens (tertiary/aromatic N) is 2. The van der Waals surface area contributed by atoms with E-state index >= 15 is 0 Å². The van der Waals surface area contributed by atoms with Gasteiger partial charge in [0.05, 0.1) is 17.2 Å². The molecule has 6 nitrogen and oxygen atoms in total. The van der Waals surface area contributed by atoms with E-state index in [2.05, 4.69) is 10.5 Å². The van der Waals surface area contributed by atoms with Crippen LogP contribution in [0.4, 0.5) is 5.00 Å². The lowest BCUT2D eigenvalue weighted by Gasteiger charge is -1.97. The molecule has 7 heteroatoms. The van der Waals surface area contributed by atoms with E-state index in [1.165, 1.54) is 17.4 Å². The Hall–Kier alpha value is -1.73. The third kappa shape index (κ3) is 3.11. The monoisotopic (exact) mass is 253 g/mol. The van der Waals surface area contributed by atoms with E-state index in [1.807, 2.05) is 13.0 Å². The van der Waals surface area contributed by atoms with Crippen molar-refractivity contribution in [1.82, 2.24) is 10.5 Å². The maximum atomic E-state index is 10.5. The maximum absolute atomic E-state index is 10.5. The molecule has 0 fully saturated rings. The lowest BCUT2D eigenvalue weighted by atomic mass is 10.4. The van der Waals surface area contributed by atoms with Gasteiger partial charge in [-0.05, 0) is 13.0 Å². The van der Waals surface area contributed by atoms with Gasteiger partial charge in [-0.15, -0.1) is 0 Å². The molecule has 0 aliphatic carbocycles. The van der Waals surface area contributed by atoms with Crippen LogP contribution in [-0.2, 0) is 13.1 Å². The lowest BCUT2D eigenvalue weighted by Crippen LogP contribution is -2.10. The van der Waals surface area contributed by atoms with Crippen molar-refractivity contribution in [3.8, 4) is 0 Å². The standard InChI is InChI=1S/C10H11N3O3S/c1-7-4-8(16-12-7)5-11-6-9-2-3-10(17-9)13(14)15/h2-4,11H,5-6H2,1H3. The van der Waals surface area contributed by atoms with Crippen LogP contribution in [0.3, 0.4) is 0 Å². The fourth-order valence-corrected chi connectivity index (χ4v) is 2.16. The first-order valence-corrected chi connectivity index (χ1v) is 5.83. The Balaban J connectivity index is 1.83. The largest absolute Gasteiger partial charge is 0.360 e. The SMILES string of the molecule is Cc1cc(CNCc2ccc([N+](=O)[O-])s2)on1. The first-order chi connectivity index (χ1) is 8.15. The van der Waals surface area contributed by atoms with Crippen LogP contribution in [0.1, 0.15) is 16.3 Å². The van der Waals surface area contributed by atoms with Gasteiger partial charge >= 0.3 is 5.00 Å². The molecule has 0 aromatic carbocycles. The van der Waals surface area contributed by atoms with E-state index in [-0.39, 0.29) is 9.92 Å². The fourth-order valence-electron chi connectivity index (χ4n) is 1.37. The van der Waals surface area contributed by atoms with Crippen LogP contribution in [0, 0.1) is 17.0 Å². The van der Waals surface area contributed by atoms with Gasteiger partial charge in [-0.3, -0.25) is 10.1 Å². The second-order valence-corrected chi connectivity index (χ2v) is 4.68. The summed E-state index contributed by atoms with van der Waals surface area (Å²) in [4.78, 5) is 11.0. The molecule has 1 N–H and O–H groups in total. The van der Waals surface area contributed by atoms with E-state index in [4.69, 9.17) is 4.52 Å².